The molecule has 0 aliphatic carbocycles. The van der Waals surface area contributed by atoms with Crippen molar-refractivity contribution in [1.29, 1.82) is 0 Å². The summed E-state index contributed by atoms with van der Waals surface area (Å²) in [5.74, 6) is 0. The Morgan fingerprint density at radius 3 is 2.57 bits per heavy atom. The van der Waals surface area contributed by atoms with Crippen LogP contribution in [0.25, 0.3) is 0 Å². The number of rotatable bonds is 6. The molecular weight excluding hydrogens is 326 g/mol. The highest BCUT2D eigenvalue weighted by atomic mass is 79.9. The van der Waals surface area contributed by atoms with Crippen LogP contribution in [0.15, 0.2) is 28.7 Å². The van der Waals surface area contributed by atoms with Crippen molar-refractivity contribution in [1.82, 2.24) is 15.1 Å². The second-order valence-electron chi connectivity index (χ2n) is 5.51. The molecule has 0 aliphatic heterocycles. The number of hydrogen-bond donors (Lipinski definition) is 1. The maximum absolute atomic E-state index is 4.57. The van der Waals surface area contributed by atoms with E-state index in [-0.39, 0.29) is 0 Å². The molecule has 114 valence electrons. The van der Waals surface area contributed by atoms with Gasteiger partial charge >= 0.3 is 0 Å². The summed E-state index contributed by atoms with van der Waals surface area (Å²) in [6.45, 7) is 7.47. The zero-order chi connectivity index (χ0) is 15.4. The molecule has 0 saturated heterocycles. The first-order chi connectivity index (χ1) is 10.0. The van der Waals surface area contributed by atoms with Crippen LogP contribution in [0.2, 0.25) is 0 Å². The van der Waals surface area contributed by atoms with Crippen LogP contribution < -0.4 is 5.32 Å². The lowest BCUT2D eigenvalue weighted by Crippen LogP contribution is -2.25. The zero-order valence-electron chi connectivity index (χ0n) is 13.3. The molecule has 3 nitrogen and oxygen atoms in total. The lowest BCUT2D eigenvalue weighted by Gasteiger charge is -2.20. The number of hydrogen-bond acceptors (Lipinski definition) is 2. The average Bonchev–Trinajstić information content (AvgIpc) is 2.71. The van der Waals surface area contributed by atoms with Crippen LogP contribution in [0.1, 0.15) is 41.9 Å². The van der Waals surface area contributed by atoms with Gasteiger partial charge in [-0.2, -0.15) is 5.10 Å². The minimum atomic E-state index is 0.303. The highest BCUT2D eigenvalue weighted by Gasteiger charge is 2.20. The van der Waals surface area contributed by atoms with Crippen LogP contribution in [0.3, 0.4) is 0 Å². The standard InChI is InChI=1S/C17H24BrN3/c1-5-10-19-16(11-14-8-6-7-9-15(14)18)17-12(2)20-21(4)13(17)3/h6-9,16,19H,5,10-11H2,1-4H3. The van der Waals surface area contributed by atoms with E-state index < -0.39 is 0 Å². The number of nitrogens with zero attached hydrogens (tertiary/aromatic N) is 2. The highest BCUT2D eigenvalue weighted by Crippen LogP contribution is 2.27. The molecule has 4 heteroatoms. The smallest absolute Gasteiger partial charge is 0.0644 e. The lowest BCUT2D eigenvalue weighted by molar-refractivity contribution is 0.523. The summed E-state index contributed by atoms with van der Waals surface area (Å²) in [5.41, 5.74) is 5.03. The average molecular weight is 350 g/mol. The first-order valence-corrected chi connectivity index (χ1v) is 8.30. The Balaban J connectivity index is 2.32. The van der Waals surface area contributed by atoms with Gasteiger partial charge in [0.25, 0.3) is 0 Å². The van der Waals surface area contributed by atoms with E-state index >= 15 is 0 Å². The molecule has 2 rings (SSSR count). The van der Waals surface area contributed by atoms with Crippen LogP contribution >= 0.6 is 15.9 Å². The predicted octanol–water partition coefficient (Wildman–Crippen LogP) is 4.08. The molecule has 0 aliphatic rings. The molecule has 0 amide bonds. The molecular formula is C17H24BrN3. The van der Waals surface area contributed by atoms with Crippen molar-refractivity contribution in [2.45, 2.75) is 39.7 Å². The molecule has 1 aromatic carbocycles. The van der Waals surface area contributed by atoms with Crippen LogP contribution in [0.4, 0.5) is 0 Å². The zero-order valence-corrected chi connectivity index (χ0v) is 14.9. The van der Waals surface area contributed by atoms with Crippen LogP contribution in [-0.2, 0) is 13.5 Å². The molecule has 0 fully saturated rings. The third kappa shape index (κ3) is 3.74. The van der Waals surface area contributed by atoms with E-state index in [9.17, 15) is 0 Å². The Kier molecular flexibility index (Phi) is 5.59. The van der Waals surface area contributed by atoms with Gasteiger partial charge in [-0.25, -0.2) is 0 Å². The monoisotopic (exact) mass is 349 g/mol. The maximum atomic E-state index is 4.57. The first-order valence-electron chi connectivity index (χ1n) is 7.51. The molecule has 0 radical (unpaired) electrons. The summed E-state index contributed by atoms with van der Waals surface area (Å²) in [6.07, 6.45) is 2.10. The van der Waals surface area contributed by atoms with Gasteiger partial charge in [-0.15, -0.1) is 0 Å². The van der Waals surface area contributed by atoms with Gasteiger partial charge in [0.05, 0.1) is 5.69 Å². The van der Waals surface area contributed by atoms with Crippen molar-refractivity contribution in [3.8, 4) is 0 Å². The number of benzene rings is 1. The maximum Gasteiger partial charge on any atom is 0.0644 e. The summed E-state index contributed by atoms with van der Waals surface area (Å²) in [6, 6.07) is 8.75. The Morgan fingerprint density at radius 1 is 1.29 bits per heavy atom. The molecule has 1 heterocycles. The van der Waals surface area contributed by atoms with Gasteiger partial charge in [0.1, 0.15) is 0 Å². The van der Waals surface area contributed by atoms with Gasteiger partial charge in [0.2, 0.25) is 0 Å². The van der Waals surface area contributed by atoms with E-state index in [4.69, 9.17) is 0 Å². The van der Waals surface area contributed by atoms with Crippen molar-refractivity contribution in [3.05, 3.63) is 51.3 Å². The van der Waals surface area contributed by atoms with Gasteiger partial charge in [0.15, 0.2) is 0 Å². The van der Waals surface area contributed by atoms with Gasteiger partial charge in [-0.1, -0.05) is 41.1 Å². The highest BCUT2D eigenvalue weighted by molar-refractivity contribution is 9.10. The van der Waals surface area contributed by atoms with Crippen LogP contribution in [0, 0.1) is 13.8 Å². The van der Waals surface area contributed by atoms with Crippen molar-refractivity contribution in [2.75, 3.05) is 6.54 Å². The second kappa shape index (κ2) is 7.23. The fourth-order valence-corrected chi connectivity index (χ4v) is 3.22. The Morgan fingerprint density at radius 2 is 2.00 bits per heavy atom. The van der Waals surface area contributed by atoms with E-state index in [1.54, 1.807) is 0 Å². The second-order valence-corrected chi connectivity index (χ2v) is 6.36. The van der Waals surface area contributed by atoms with E-state index in [2.05, 4.69) is 71.4 Å². The fraction of sp³-hybridized carbons (Fsp3) is 0.471. The van der Waals surface area contributed by atoms with Crippen molar-refractivity contribution in [3.63, 3.8) is 0 Å². The molecule has 21 heavy (non-hydrogen) atoms. The number of aryl methyl sites for hydroxylation is 2. The quantitative estimate of drug-likeness (QED) is 0.851. The van der Waals surface area contributed by atoms with E-state index in [1.807, 2.05) is 11.7 Å². The topological polar surface area (TPSA) is 29.9 Å². The Labute approximate surface area is 135 Å². The summed E-state index contributed by atoms with van der Waals surface area (Å²) < 4.78 is 3.15. The number of nitrogens with one attached hydrogen (secondary N) is 1. The number of aromatic nitrogens is 2. The molecule has 0 spiro atoms. The lowest BCUT2D eigenvalue weighted by atomic mass is 9.97. The normalized spacial score (nSPS) is 12.6. The molecule has 1 N–H and O–H groups in total. The summed E-state index contributed by atoms with van der Waals surface area (Å²) >= 11 is 3.66. The summed E-state index contributed by atoms with van der Waals surface area (Å²) in [5, 5.41) is 8.25. The summed E-state index contributed by atoms with van der Waals surface area (Å²) in [4.78, 5) is 0. The van der Waals surface area contributed by atoms with Crippen molar-refractivity contribution < 1.29 is 0 Å². The molecule has 1 atom stereocenters. The Hall–Kier alpha value is -1.13. The van der Waals surface area contributed by atoms with E-state index in [1.165, 1.54) is 21.3 Å². The number of halogens is 1. The van der Waals surface area contributed by atoms with Gasteiger partial charge in [0, 0.05) is 28.8 Å². The third-order valence-electron chi connectivity index (χ3n) is 3.94. The van der Waals surface area contributed by atoms with Crippen molar-refractivity contribution in [2.24, 2.45) is 7.05 Å². The molecule has 0 bridgehead atoms. The molecule has 2 aromatic rings. The van der Waals surface area contributed by atoms with Crippen LogP contribution in [0.5, 0.6) is 0 Å². The van der Waals surface area contributed by atoms with E-state index in [0.29, 0.717) is 6.04 Å². The first kappa shape index (κ1) is 16.2. The molecule has 1 aromatic heterocycles. The predicted molar refractivity (Wildman–Crippen MR) is 91.6 cm³/mol. The van der Waals surface area contributed by atoms with Gasteiger partial charge < -0.3 is 5.32 Å². The minimum Gasteiger partial charge on any atom is -0.310 e. The summed E-state index contributed by atoms with van der Waals surface area (Å²) in [7, 11) is 2.02. The van der Waals surface area contributed by atoms with Crippen molar-refractivity contribution >= 4 is 15.9 Å². The van der Waals surface area contributed by atoms with E-state index in [0.717, 1.165) is 25.1 Å². The minimum absolute atomic E-state index is 0.303. The van der Waals surface area contributed by atoms with Gasteiger partial charge in [-0.3, -0.25) is 4.68 Å². The molecule has 1 unspecified atom stereocenters. The SMILES string of the molecule is CCCNC(Cc1ccccc1Br)c1c(C)nn(C)c1C. The molecule has 0 saturated carbocycles. The van der Waals surface area contributed by atoms with Crippen LogP contribution in [-0.4, -0.2) is 16.3 Å². The van der Waals surface area contributed by atoms with Gasteiger partial charge in [-0.05, 0) is 44.9 Å². The largest absolute Gasteiger partial charge is 0.310 e. The third-order valence-corrected chi connectivity index (χ3v) is 4.71. The fourth-order valence-electron chi connectivity index (χ4n) is 2.77. The Bertz CT molecular complexity index is 604.